The molecule has 1 amide bonds. The second-order valence-corrected chi connectivity index (χ2v) is 12.3. The maximum Gasteiger partial charge on any atom is 0.415 e. The van der Waals surface area contributed by atoms with Gasteiger partial charge in [-0.25, -0.2) is 19.4 Å². The number of carbonyl (C=O) groups is 1. The van der Waals surface area contributed by atoms with Crippen molar-refractivity contribution < 1.29 is 19.2 Å². The van der Waals surface area contributed by atoms with Crippen molar-refractivity contribution in [1.29, 1.82) is 0 Å². The van der Waals surface area contributed by atoms with Gasteiger partial charge in [0.2, 0.25) is 0 Å². The highest BCUT2D eigenvalue weighted by atomic mass is 16.6. The summed E-state index contributed by atoms with van der Waals surface area (Å²) in [6.45, 7) is 4.10. The smallest absolute Gasteiger partial charge is 0.415 e. The van der Waals surface area contributed by atoms with E-state index in [1.165, 1.54) is 30.6 Å². The van der Waals surface area contributed by atoms with Crippen LogP contribution in [0.15, 0.2) is 85.2 Å². The number of nitrogens with zero attached hydrogens (tertiary/aromatic N) is 7. The fourth-order valence-electron chi connectivity index (χ4n) is 6.57. The van der Waals surface area contributed by atoms with E-state index in [0.717, 1.165) is 79.1 Å². The number of fused-ring (bicyclic) bond motifs is 1. The van der Waals surface area contributed by atoms with Crippen molar-refractivity contribution in [1.82, 2.24) is 29.5 Å². The summed E-state index contributed by atoms with van der Waals surface area (Å²) in [5, 5.41) is 16.7. The molecule has 7 rings (SSSR count). The molecule has 2 aromatic heterocycles. The van der Waals surface area contributed by atoms with E-state index in [2.05, 4.69) is 14.9 Å². The first-order chi connectivity index (χ1) is 23.4. The molecule has 0 unspecified atom stereocenters. The standard InChI is InChI=1S/C35H36N8O5/c36-33-31-32(25-6-10-29(11-7-25)47-28-4-2-1-3-5-28)39-42(34(31)38-23-37-33)26-16-18-40(19-17-26)22-24-14-20-41(21-15-24)35(44)48-30-12-8-27(9-13-30)43(45)46/h1-13,23-24,26H,14-22H2,(H2,36,37,38). The van der Waals surface area contributed by atoms with E-state index >= 15 is 0 Å². The van der Waals surface area contributed by atoms with E-state index in [-0.39, 0.29) is 11.7 Å². The molecule has 48 heavy (non-hydrogen) atoms. The highest BCUT2D eigenvalue weighted by Crippen LogP contribution is 2.35. The number of amides is 1. The SMILES string of the molecule is Nc1ncnc2c1c(-c1ccc(Oc3ccccc3)cc1)nn2C1CCN(CC2CCN(C(=O)Oc3ccc([N+](=O)[O-])cc3)CC2)CC1. The molecule has 246 valence electrons. The van der Waals surface area contributed by atoms with Crippen LogP contribution >= 0.6 is 0 Å². The number of anilines is 1. The van der Waals surface area contributed by atoms with Crippen molar-refractivity contribution >= 4 is 28.6 Å². The van der Waals surface area contributed by atoms with Gasteiger partial charge in [0.1, 0.15) is 35.1 Å². The lowest BCUT2D eigenvalue weighted by Crippen LogP contribution is -2.44. The van der Waals surface area contributed by atoms with Gasteiger partial charge in [-0.3, -0.25) is 10.1 Å². The minimum Gasteiger partial charge on any atom is -0.457 e. The number of nitrogens with two attached hydrogens (primary N) is 1. The molecular weight excluding hydrogens is 612 g/mol. The topological polar surface area (TPSA) is 155 Å². The number of likely N-dealkylation sites (tertiary alicyclic amines) is 2. The number of benzene rings is 3. The van der Waals surface area contributed by atoms with Crippen LogP contribution < -0.4 is 15.2 Å². The Labute approximate surface area is 277 Å². The lowest BCUT2D eigenvalue weighted by molar-refractivity contribution is -0.384. The van der Waals surface area contributed by atoms with Crippen LogP contribution in [0.5, 0.6) is 17.2 Å². The van der Waals surface area contributed by atoms with Crippen molar-refractivity contribution in [2.45, 2.75) is 31.7 Å². The predicted molar refractivity (Wildman–Crippen MR) is 180 cm³/mol. The van der Waals surface area contributed by atoms with Gasteiger partial charge in [0, 0.05) is 50.4 Å². The third kappa shape index (κ3) is 6.76. The van der Waals surface area contributed by atoms with Crippen LogP contribution in [0.1, 0.15) is 31.7 Å². The zero-order valence-corrected chi connectivity index (χ0v) is 26.4. The summed E-state index contributed by atoms with van der Waals surface area (Å²) in [5.74, 6) is 2.71. The number of hydrogen-bond acceptors (Lipinski definition) is 10. The van der Waals surface area contributed by atoms with E-state index in [9.17, 15) is 14.9 Å². The predicted octanol–water partition coefficient (Wildman–Crippen LogP) is 6.32. The minimum absolute atomic E-state index is 0.0440. The van der Waals surface area contributed by atoms with Gasteiger partial charge >= 0.3 is 6.09 Å². The molecule has 0 radical (unpaired) electrons. The number of nitrogen functional groups attached to an aromatic ring is 1. The number of nitro benzene ring substituents is 1. The summed E-state index contributed by atoms with van der Waals surface area (Å²) < 4.78 is 13.4. The molecule has 3 aromatic carbocycles. The Hall–Kier alpha value is -5.56. The lowest BCUT2D eigenvalue weighted by Gasteiger charge is -2.37. The Morgan fingerprint density at radius 3 is 2.21 bits per heavy atom. The number of rotatable bonds is 8. The molecule has 0 bridgehead atoms. The second kappa shape index (κ2) is 13.7. The maximum atomic E-state index is 12.7. The van der Waals surface area contributed by atoms with Crippen molar-refractivity contribution in [2.75, 3.05) is 38.5 Å². The van der Waals surface area contributed by atoms with Crippen LogP contribution in [-0.4, -0.2) is 73.3 Å². The maximum absolute atomic E-state index is 12.7. The molecule has 2 aliphatic rings. The van der Waals surface area contributed by atoms with Gasteiger partial charge in [-0.2, -0.15) is 5.10 Å². The van der Waals surface area contributed by atoms with Crippen LogP contribution in [0.4, 0.5) is 16.3 Å². The van der Waals surface area contributed by atoms with E-state index in [0.29, 0.717) is 30.6 Å². The van der Waals surface area contributed by atoms with Gasteiger partial charge in [0.05, 0.1) is 16.4 Å². The molecule has 2 N–H and O–H groups in total. The normalized spacial score (nSPS) is 16.2. The number of para-hydroxylation sites is 1. The number of carbonyl (C=O) groups excluding carboxylic acids is 1. The highest BCUT2D eigenvalue weighted by Gasteiger charge is 2.29. The summed E-state index contributed by atoms with van der Waals surface area (Å²) in [6.07, 6.45) is 4.74. The van der Waals surface area contributed by atoms with Crippen LogP contribution in [-0.2, 0) is 0 Å². The minimum atomic E-state index is -0.482. The van der Waals surface area contributed by atoms with Crippen molar-refractivity contribution in [3.05, 3.63) is 95.3 Å². The molecule has 5 aromatic rings. The first-order valence-electron chi connectivity index (χ1n) is 16.2. The van der Waals surface area contributed by atoms with Gasteiger partial charge in [0.25, 0.3) is 5.69 Å². The summed E-state index contributed by atoms with van der Waals surface area (Å²) >= 11 is 0. The van der Waals surface area contributed by atoms with Gasteiger partial charge in [0.15, 0.2) is 5.65 Å². The zero-order valence-electron chi connectivity index (χ0n) is 26.4. The summed E-state index contributed by atoms with van der Waals surface area (Å²) in [4.78, 5) is 36.2. The quantitative estimate of drug-likeness (QED) is 0.149. The molecule has 13 nitrogen and oxygen atoms in total. The van der Waals surface area contributed by atoms with Crippen molar-refractivity contribution in [3.63, 3.8) is 0 Å². The lowest BCUT2D eigenvalue weighted by atomic mass is 9.95. The Morgan fingerprint density at radius 2 is 1.52 bits per heavy atom. The molecule has 2 fully saturated rings. The molecule has 2 aliphatic heterocycles. The van der Waals surface area contributed by atoms with Gasteiger partial charge in [-0.15, -0.1) is 0 Å². The molecule has 0 atom stereocenters. The number of aromatic nitrogens is 4. The van der Waals surface area contributed by atoms with E-state index in [1.807, 2.05) is 59.3 Å². The number of piperidine rings is 2. The monoisotopic (exact) mass is 648 g/mol. The number of non-ortho nitro benzene ring substituents is 1. The van der Waals surface area contributed by atoms with Crippen LogP contribution in [0.3, 0.4) is 0 Å². The molecule has 0 aliphatic carbocycles. The Bertz CT molecular complexity index is 1880. The third-order valence-electron chi connectivity index (χ3n) is 9.17. The summed E-state index contributed by atoms with van der Waals surface area (Å²) in [7, 11) is 0. The Kier molecular flexibility index (Phi) is 8.84. The van der Waals surface area contributed by atoms with E-state index in [1.54, 1.807) is 4.90 Å². The summed E-state index contributed by atoms with van der Waals surface area (Å²) in [6, 6.07) is 23.2. The van der Waals surface area contributed by atoms with E-state index in [4.69, 9.17) is 20.3 Å². The van der Waals surface area contributed by atoms with Crippen molar-refractivity contribution in [2.24, 2.45) is 5.92 Å². The average molecular weight is 649 g/mol. The molecule has 2 saturated heterocycles. The van der Waals surface area contributed by atoms with Crippen molar-refractivity contribution in [3.8, 4) is 28.5 Å². The molecule has 13 heteroatoms. The van der Waals surface area contributed by atoms with Crippen LogP contribution in [0.2, 0.25) is 0 Å². The first kappa shape index (κ1) is 31.1. The second-order valence-electron chi connectivity index (χ2n) is 12.3. The fourth-order valence-corrected chi connectivity index (χ4v) is 6.57. The molecule has 0 saturated carbocycles. The molecular formula is C35H36N8O5. The third-order valence-corrected chi connectivity index (χ3v) is 9.17. The molecule has 4 heterocycles. The number of nitro groups is 1. The van der Waals surface area contributed by atoms with Gasteiger partial charge in [-0.05, 0) is 80.1 Å². The fraction of sp³-hybridized carbons (Fsp3) is 0.314. The summed E-state index contributed by atoms with van der Waals surface area (Å²) in [5.41, 5.74) is 8.76. The molecule has 0 spiro atoms. The Morgan fingerprint density at radius 1 is 0.854 bits per heavy atom. The average Bonchev–Trinajstić information content (AvgIpc) is 3.51. The largest absolute Gasteiger partial charge is 0.457 e. The highest BCUT2D eigenvalue weighted by molar-refractivity contribution is 5.98. The van der Waals surface area contributed by atoms with Crippen LogP contribution in [0.25, 0.3) is 22.3 Å². The van der Waals surface area contributed by atoms with Gasteiger partial charge in [-0.1, -0.05) is 18.2 Å². The Balaban J connectivity index is 0.943. The zero-order chi connectivity index (χ0) is 33.0. The first-order valence-corrected chi connectivity index (χ1v) is 16.2. The number of ether oxygens (including phenoxy) is 2. The van der Waals surface area contributed by atoms with E-state index < -0.39 is 11.0 Å². The van der Waals surface area contributed by atoms with Gasteiger partial charge < -0.3 is 25.0 Å². The van der Waals surface area contributed by atoms with Crippen LogP contribution in [0, 0.1) is 16.0 Å². The number of hydrogen-bond donors (Lipinski definition) is 1.